The first-order valence-electron chi connectivity index (χ1n) is 9.88. The number of ether oxygens (including phenoxy) is 2. The predicted molar refractivity (Wildman–Crippen MR) is 104 cm³/mol. The van der Waals surface area contributed by atoms with Gasteiger partial charge in [0.1, 0.15) is 22.8 Å². The van der Waals surface area contributed by atoms with E-state index in [9.17, 15) is 18.0 Å². The zero-order valence-electron chi connectivity index (χ0n) is 17.0. The van der Waals surface area contributed by atoms with Crippen molar-refractivity contribution in [3.05, 3.63) is 59.3 Å². The first kappa shape index (κ1) is 20.0. The number of hydrogen-bond donors (Lipinski definition) is 0. The van der Waals surface area contributed by atoms with Crippen molar-refractivity contribution >= 4 is 11.4 Å². The summed E-state index contributed by atoms with van der Waals surface area (Å²) in [7, 11) is 1.48. The zero-order valence-corrected chi connectivity index (χ0v) is 17.0. The average molecular weight is 431 g/mol. The monoisotopic (exact) mass is 431 g/mol. The number of hydrogen-bond acceptors (Lipinski definition) is 5. The van der Waals surface area contributed by atoms with Crippen LogP contribution in [0.25, 0.3) is 5.65 Å². The van der Waals surface area contributed by atoms with Gasteiger partial charge in [0.05, 0.1) is 25.0 Å². The maximum absolute atomic E-state index is 12.9. The maximum Gasteiger partial charge on any atom is 0.433 e. The fourth-order valence-corrected chi connectivity index (χ4v) is 4.80. The Morgan fingerprint density at radius 1 is 1.26 bits per heavy atom. The molecule has 6 nitrogen and oxygen atoms in total. The fourth-order valence-electron chi connectivity index (χ4n) is 4.80. The lowest BCUT2D eigenvalue weighted by molar-refractivity contribution is -0.141. The number of carbonyl (C=O) groups is 1. The minimum atomic E-state index is -4.61. The molecule has 3 aromatic heterocycles. The maximum atomic E-state index is 12.9. The number of methoxy groups -OCH3 is 1. The van der Waals surface area contributed by atoms with Crippen LogP contribution in [0.2, 0.25) is 0 Å². The van der Waals surface area contributed by atoms with Gasteiger partial charge in [-0.1, -0.05) is 6.07 Å². The van der Waals surface area contributed by atoms with Crippen molar-refractivity contribution in [2.75, 3.05) is 13.7 Å². The van der Waals surface area contributed by atoms with E-state index in [1.165, 1.54) is 19.2 Å². The molecule has 2 saturated heterocycles. The minimum absolute atomic E-state index is 0.0664. The number of alkyl halides is 3. The second-order valence-electron chi connectivity index (χ2n) is 8.64. The second-order valence-corrected chi connectivity index (χ2v) is 8.64. The number of Topliss-reactive ketones (excluding diaryl/α,β-unsaturated/α-hetero) is 1. The van der Waals surface area contributed by atoms with E-state index in [-0.39, 0.29) is 23.1 Å². The van der Waals surface area contributed by atoms with Gasteiger partial charge in [-0.05, 0) is 31.9 Å². The molecule has 0 amide bonds. The summed E-state index contributed by atoms with van der Waals surface area (Å²) in [6.45, 7) is 2.74. The molecule has 2 aliphatic heterocycles. The molecule has 3 aliphatic rings. The number of ketones is 1. The Morgan fingerprint density at radius 2 is 2.03 bits per heavy atom. The Labute approximate surface area is 176 Å². The summed E-state index contributed by atoms with van der Waals surface area (Å²) >= 11 is 0. The number of carbonyl (C=O) groups excluding carboxylic acids is 1. The van der Waals surface area contributed by atoms with Crippen LogP contribution in [0.15, 0.2) is 36.7 Å². The number of imidazole rings is 1. The first-order chi connectivity index (χ1) is 14.6. The largest absolute Gasteiger partial charge is 0.496 e. The highest BCUT2D eigenvalue weighted by molar-refractivity contribution is 5.96. The van der Waals surface area contributed by atoms with Gasteiger partial charge in [-0.25, -0.2) is 9.97 Å². The number of fused-ring (bicyclic) bond motifs is 2. The fraction of sp³-hybridized carbons (Fsp3) is 0.409. The Hall–Kier alpha value is -2.94. The molecule has 2 bridgehead atoms. The third-order valence-corrected chi connectivity index (χ3v) is 6.19. The zero-order chi connectivity index (χ0) is 22.0. The summed E-state index contributed by atoms with van der Waals surface area (Å²) in [6.07, 6.45) is 0.759. The average Bonchev–Trinajstić information content (AvgIpc) is 3.37. The summed E-state index contributed by atoms with van der Waals surface area (Å²) < 4.78 is 51.9. The highest BCUT2D eigenvalue weighted by atomic mass is 19.4. The van der Waals surface area contributed by atoms with E-state index < -0.39 is 17.7 Å². The van der Waals surface area contributed by atoms with Gasteiger partial charge < -0.3 is 13.9 Å². The predicted octanol–water partition coefficient (Wildman–Crippen LogP) is 4.00. The lowest BCUT2D eigenvalue weighted by Crippen LogP contribution is -2.45. The molecule has 0 unspecified atom stereocenters. The molecule has 3 fully saturated rings. The van der Waals surface area contributed by atoms with Gasteiger partial charge in [-0.2, -0.15) is 13.2 Å². The topological polar surface area (TPSA) is 65.7 Å². The SMILES string of the molecule is COc1cc2nc(C34COC(C)(C3)C4)cn2cc1CC(=O)c1cccc(C(F)(F)F)n1. The molecular formula is C22H20F3N3O3. The van der Waals surface area contributed by atoms with Gasteiger partial charge in [0.15, 0.2) is 5.78 Å². The lowest BCUT2D eigenvalue weighted by atomic mass is 9.62. The third kappa shape index (κ3) is 3.27. The van der Waals surface area contributed by atoms with E-state index in [1.807, 2.05) is 10.6 Å². The molecule has 162 valence electrons. The van der Waals surface area contributed by atoms with Gasteiger partial charge in [0.2, 0.25) is 0 Å². The number of aromatic nitrogens is 3. The van der Waals surface area contributed by atoms with Crippen LogP contribution in [0.5, 0.6) is 5.75 Å². The smallest absolute Gasteiger partial charge is 0.433 e. The van der Waals surface area contributed by atoms with Crippen LogP contribution in [0, 0.1) is 0 Å². The van der Waals surface area contributed by atoms with E-state index in [0.29, 0.717) is 23.6 Å². The van der Waals surface area contributed by atoms with Crippen LogP contribution >= 0.6 is 0 Å². The van der Waals surface area contributed by atoms with Crippen LogP contribution in [-0.4, -0.2) is 39.5 Å². The van der Waals surface area contributed by atoms with Crippen LogP contribution in [-0.2, 0) is 22.7 Å². The number of pyridine rings is 2. The standard InChI is InChI=1S/C22H20F3N3O3/c1-20-10-21(11-20,12-31-20)18-9-28-8-13(16(30-2)7-19(28)27-18)6-15(29)14-4-3-5-17(26-14)22(23,24)25/h3-5,7-9H,6,10-12H2,1-2H3. The van der Waals surface area contributed by atoms with Gasteiger partial charge in [0, 0.05) is 35.9 Å². The second kappa shape index (κ2) is 6.53. The summed E-state index contributed by atoms with van der Waals surface area (Å²) in [4.78, 5) is 20.9. The van der Waals surface area contributed by atoms with Crippen LogP contribution in [0.1, 0.15) is 47.2 Å². The molecule has 0 atom stereocenters. The molecule has 1 saturated carbocycles. The highest BCUT2D eigenvalue weighted by Gasteiger charge is 2.61. The Balaban J connectivity index is 1.45. The Morgan fingerprint density at radius 3 is 2.68 bits per heavy atom. The normalized spacial score (nSPS) is 24.9. The molecule has 0 spiro atoms. The summed E-state index contributed by atoms with van der Waals surface area (Å²) in [5.74, 6) is -0.0785. The molecular weight excluding hydrogens is 411 g/mol. The van der Waals surface area contributed by atoms with Crippen LogP contribution in [0.4, 0.5) is 13.2 Å². The molecule has 1 aliphatic carbocycles. The van der Waals surface area contributed by atoms with Gasteiger partial charge >= 0.3 is 6.18 Å². The summed E-state index contributed by atoms with van der Waals surface area (Å²) in [5.41, 5.74) is 0.684. The van der Waals surface area contributed by atoms with Crippen molar-refractivity contribution in [3.63, 3.8) is 0 Å². The Kier molecular flexibility index (Phi) is 4.21. The molecule has 5 heterocycles. The number of nitrogens with zero attached hydrogens (tertiary/aromatic N) is 3. The van der Waals surface area contributed by atoms with E-state index in [1.54, 1.807) is 12.3 Å². The van der Waals surface area contributed by atoms with Crippen LogP contribution in [0.3, 0.4) is 0 Å². The molecule has 3 aromatic rings. The van der Waals surface area contributed by atoms with Crippen LogP contribution < -0.4 is 4.74 Å². The van der Waals surface area contributed by atoms with Gasteiger partial charge in [0.25, 0.3) is 0 Å². The van der Waals surface area contributed by atoms with Crippen molar-refractivity contribution in [2.45, 2.75) is 43.4 Å². The third-order valence-electron chi connectivity index (χ3n) is 6.19. The molecule has 9 heteroatoms. The quantitative estimate of drug-likeness (QED) is 0.572. The first-order valence-corrected chi connectivity index (χ1v) is 9.88. The molecule has 0 radical (unpaired) electrons. The number of rotatable bonds is 5. The van der Waals surface area contributed by atoms with Crippen molar-refractivity contribution in [2.24, 2.45) is 0 Å². The van der Waals surface area contributed by atoms with E-state index in [4.69, 9.17) is 14.5 Å². The Bertz CT molecular complexity index is 1200. The summed E-state index contributed by atoms with van der Waals surface area (Å²) in [5, 5.41) is 0. The van der Waals surface area contributed by atoms with E-state index >= 15 is 0 Å². The van der Waals surface area contributed by atoms with Gasteiger partial charge in [-0.15, -0.1) is 0 Å². The van der Waals surface area contributed by atoms with Crippen molar-refractivity contribution < 1.29 is 27.4 Å². The van der Waals surface area contributed by atoms with E-state index in [0.717, 1.165) is 24.6 Å². The minimum Gasteiger partial charge on any atom is -0.496 e. The van der Waals surface area contributed by atoms with E-state index in [2.05, 4.69) is 11.9 Å². The molecule has 31 heavy (non-hydrogen) atoms. The highest BCUT2D eigenvalue weighted by Crippen LogP contribution is 2.58. The molecule has 0 aromatic carbocycles. The lowest BCUT2D eigenvalue weighted by Gasteiger charge is -2.41. The summed E-state index contributed by atoms with van der Waals surface area (Å²) in [6, 6.07) is 5.04. The van der Waals surface area contributed by atoms with Crippen molar-refractivity contribution in [1.29, 1.82) is 0 Å². The number of halogens is 3. The molecule has 6 rings (SSSR count). The molecule has 0 N–H and O–H groups in total. The van der Waals surface area contributed by atoms with Crippen molar-refractivity contribution in [1.82, 2.24) is 14.4 Å². The van der Waals surface area contributed by atoms with Crippen molar-refractivity contribution in [3.8, 4) is 5.75 Å². The van der Waals surface area contributed by atoms with Gasteiger partial charge in [-0.3, -0.25) is 4.79 Å².